The van der Waals surface area contributed by atoms with Crippen molar-refractivity contribution in [2.75, 3.05) is 11.4 Å². The number of rotatable bonds is 7. The third kappa shape index (κ3) is 3.88. The number of para-hydroxylation sites is 1. The van der Waals surface area contributed by atoms with Gasteiger partial charge in [0.05, 0.1) is 12.7 Å². The lowest BCUT2D eigenvalue weighted by Gasteiger charge is -2.30. The van der Waals surface area contributed by atoms with Crippen LogP contribution < -0.4 is 4.90 Å². The third-order valence-electron chi connectivity index (χ3n) is 3.26. The molecule has 20 heavy (non-hydrogen) atoms. The van der Waals surface area contributed by atoms with Crippen molar-refractivity contribution in [2.45, 2.75) is 25.8 Å². The van der Waals surface area contributed by atoms with Crippen LogP contribution in [0.15, 0.2) is 53.1 Å². The summed E-state index contributed by atoms with van der Waals surface area (Å²) in [4.78, 5) is 12.9. The molecule has 106 valence electrons. The molecule has 1 aromatic carbocycles. The maximum absolute atomic E-state index is 10.8. The van der Waals surface area contributed by atoms with Crippen molar-refractivity contribution in [2.24, 2.45) is 0 Å². The van der Waals surface area contributed by atoms with Crippen LogP contribution in [0.5, 0.6) is 0 Å². The Hall–Kier alpha value is -2.23. The molecule has 1 atom stereocenters. The number of carbonyl (C=O) groups is 1. The quantitative estimate of drug-likeness (QED) is 0.841. The maximum atomic E-state index is 10.8. The Morgan fingerprint density at radius 3 is 2.60 bits per heavy atom. The highest BCUT2D eigenvalue weighted by molar-refractivity contribution is 5.67. The van der Waals surface area contributed by atoms with Crippen molar-refractivity contribution in [3.05, 3.63) is 54.5 Å². The lowest BCUT2D eigenvalue weighted by Crippen LogP contribution is -2.36. The number of hydrogen-bond acceptors (Lipinski definition) is 3. The molecule has 1 N–H and O–H groups in total. The number of aliphatic carboxylic acids is 1. The number of anilines is 1. The first-order valence-corrected chi connectivity index (χ1v) is 6.72. The minimum Gasteiger partial charge on any atom is -0.481 e. The Balaban J connectivity index is 2.10. The van der Waals surface area contributed by atoms with Gasteiger partial charge in [-0.3, -0.25) is 4.79 Å². The molecule has 0 aliphatic rings. The molecule has 4 heteroatoms. The van der Waals surface area contributed by atoms with Gasteiger partial charge in [-0.15, -0.1) is 0 Å². The van der Waals surface area contributed by atoms with Crippen molar-refractivity contribution in [3.63, 3.8) is 0 Å². The number of carboxylic acids is 1. The van der Waals surface area contributed by atoms with E-state index < -0.39 is 5.97 Å². The van der Waals surface area contributed by atoms with Gasteiger partial charge in [-0.2, -0.15) is 0 Å². The molecule has 2 aromatic rings. The first kappa shape index (κ1) is 14.2. The van der Waals surface area contributed by atoms with Gasteiger partial charge in [-0.05, 0) is 31.2 Å². The lowest BCUT2D eigenvalue weighted by molar-refractivity contribution is -0.136. The molecular formula is C16H19NO3. The van der Waals surface area contributed by atoms with Crippen LogP contribution in [0.1, 0.15) is 19.1 Å². The first-order valence-electron chi connectivity index (χ1n) is 6.72. The molecule has 0 fully saturated rings. The van der Waals surface area contributed by atoms with Crippen LogP contribution >= 0.6 is 0 Å². The largest absolute Gasteiger partial charge is 0.481 e. The Labute approximate surface area is 118 Å². The van der Waals surface area contributed by atoms with E-state index in [0.717, 1.165) is 17.9 Å². The van der Waals surface area contributed by atoms with Crippen LogP contribution in [0.3, 0.4) is 0 Å². The van der Waals surface area contributed by atoms with E-state index in [0.29, 0.717) is 6.54 Å². The van der Waals surface area contributed by atoms with Crippen LogP contribution in [0, 0.1) is 0 Å². The summed E-state index contributed by atoms with van der Waals surface area (Å²) >= 11 is 0. The number of benzene rings is 1. The van der Waals surface area contributed by atoms with Gasteiger partial charge in [0.2, 0.25) is 0 Å². The highest BCUT2D eigenvalue weighted by Crippen LogP contribution is 2.19. The van der Waals surface area contributed by atoms with Crippen LogP contribution in [-0.2, 0) is 11.2 Å². The van der Waals surface area contributed by atoms with E-state index in [1.807, 2.05) is 42.5 Å². The molecule has 0 saturated carbocycles. The standard InChI is InChI=1S/C16H19NO3/c1-13(12-15-8-5-11-20-15)17(10-9-16(18)19)14-6-3-2-4-7-14/h2-8,11,13H,9-10,12H2,1H3,(H,18,19). The van der Waals surface area contributed by atoms with E-state index in [4.69, 9.17) is 9.52 Å². The third-order valence-corrected chi connectivity index (χ3v) is 3.26. The van der Waals surface area contributed by atoms with Gasteiger partial charge in [0.15, 0.2) is 0 Å². The van der Waals surface area contributed by atoms with Crippen molar-refractivity contribution >= 4 is 11.7 Å². The van der Waals surface area contributed by atoms with Crippen LogP contribution in [-0.4, -0.2) is 23.7 Å². The predicted molar refractivity (Wildman–Crippen MR) is 77.9 cm³/mol. The molecule has 0 amide bonds. The Kier molecular flexibility index (Phi) is 4.82. The maximum Gasteiger partial charge on any atom is 0.305 e. The summed E-state index contributed by atoms with van der Waals surface area (Å²) < 4.78 is 5.37. The first-order chi connectivity index (χ1) is 9.66. The molecule has 2 rings (SSSR count). The molecule has 4 nitrogen and oxygen atoms in total. The van der Waals surface area contributed by atoms with Gasteiger partial charge < -0.3 is 14.4 Å². The smallest absolute Gasteiger partial charge is 0.305 e. The Morgan fingerprint density at radius 2 is 2.00 bits per heavy atom. The molecule has 1 unspecified atom stereocenters. The van der Waals surface area contributed by atoms with E-state index in [9.17, 15) is 4.79 Å². The monoisotopic (exact) mass is 273 g/mol. The molecule has 1 aromatic heterocycles. The summed E-state index contributed by atoms with van der Waals surface area (Å²) in [5.41, 5.74) is 1.04. The summed E-state index contributed by atoms with van der Waals surface area (Å²) in [6.07, 6.45) is 2.53. The molecule has 1 heterocycles. The SMILES string of the molecule is CC(Cc1ccco1)N(CCC(=O)O)c1ccccc1. The van der Waals surface area contributed by atoms with Crippen LogP contribution in [0.4, 0.5) is 5.69 Å². The number of carboxylic acid groups (broad SMARTS) is 1. The van der Waals surface area contributed by atoms with Gasteiger partial charge >= 0.3 is 5.97 Å². The van der Waals surface area contributed by atoms with E-state index in [2.05, 4.69) is 11.8 Å². The van der Waals surface area contributed by atoms with Gasteiger partial charge in [-0.25, -0.2) is 0 Å². The zero-order valence-electron chi connectivity index (χ0n) is 11.5. The summed E-state index contributed by atoms with van der Waals surface area (Å²) in [5, 5.41) is 8.90. The Bertz CT molecular complexity index is 522. The summed E-state index contributed by atoms with van der Waals surface area (Å²) in [6.45, 7) is 2.57. The van der Waals surface area contributed by atoms with Gasteiger partial charge in [0.25, 0.3) is 0 Å². The Morgan fingerprint density at radius 1 is 1.25 bits per heavy atom. The van der Waals surface area contributed by atoms with Crippen LogP contribution in [0.25, 0.3) is 0 Å². The zero-order chi connectivity index (χ0) is 14.4. The fourth-order valence-electron chi connectivity index (χ4n) is 2.27. The van der Waals surface area contributed by atoms with Gasteiger partial charge in [0, 0.05) is 24.7 Å². The van der Waals surface area contributed by atoms with E-state index in [1.54, 1.807) is 6.26 Å². The van der Waals surface area contributed by atoms with Gasteiger partial charge in [0.1, 0.15) is 5.76 Å². The molecule has 0 aliphatic heterocycles. The second-order valence-electron chi connectivity index (χ2n) is 4.81. The van der Waals surface area contributed by atoms with Crippen molar-refractivity contribution < 1.29 is 14.3 Å². The highest BCUT2D eigenvalue weighted by atomic mass is 16.4. The average Bonchev–Trinajstić information content (AvgIpc) is 2.92. The lowest BCUT2D eigenvalue weighted by atomic mass is 10.1. The normalized spacial score (nSPS) is 12.1. The predicted octanol–water partition coefficient (Wildman–Crippen LogP) is 3.19. The van der Waals surface area contributed by atoms with Crippen LogP contribution in [0.2, 0.25) is 0 Å². The second kappa shape index (κ2) is 6.80. The van der Waals surface area contributed by atoms with Gasteiger partial charge in [-0.1, -0.05) is 18.2 Å². The summed E-state index contributed by atoms with van der Waals surface area (Å²) in [6, 6.07) is 13.9. The summed E-state index contributed by atoms with van der Waals surface area (Å²) in [7, 11) is 0. The number of nitrogens with zero attached hydrogens (tertiary/aromatic N) is 1. The summed E-state index contributed by atoms with van der Waals surface area (Å²) in [5.74, 6) is 0.130. The fourth-order valence-corrected chi connectivity index (χ4v) is 2.27. The molecule has 0 saturated heterocycles. The van der Waals surface area contributed by atoms with E-state index in [1.165, 1.54) is 0 Å². The highest BCUT2D eigenvalue weighted by Gasteiger charge is 2.17. The van der Waals surface area contributed by atoms with Crippen molar-refractivity contribution in [1.82, 2.24) is 0 Å². The minimum absolute atomic E-state index is 0.122. The topological polar surface area (TPSA) is 53.7 Å². The van der Waals surface area contributed by atoms with E-state index >= 15 is 0 Å². The molecular weight excluding hydrogens is 254 g/mol. The fraction of sp³-hybridized carbons (Fsp3) is 0.312. The number of hydrogen-bond donors (Lipinski definition) is 1. The number of furan rings is 1. The van der Waals surface area contributed by atoms with E-state index in [-0.39, 0.29) is 12.5 Å². The molecule has 0 radical (unpaired) electrons. The van der Waals surface area contributed by atoms with Crippen molar-refractivity contribution in [3.8, 4) is 0 Å². The zero-order valence-corrected chi connectivity index (χ0v) is 11.5. The molecule has 0 spiro atoms. The second-order valence-corrected chi connectivity index (χ2v) is 4.81. The molecule has 0 bridgehead atoms. The average molecular weight is 273 g/mol. The minimum atomic E-state index is -0.781. The molecule has 0 aliphatic carbocycles. The van der Waals surface area contributed by atoms with Crippen molar-refractivity contribution in [1.29, 1.82) is 0 Å².